The van der Waals surface area contributed by atoms with Crippen molar-refractivity contribution >= 4 is 17.0 Å². The van der Waals surface area contributed by atoms with E-state index in [2.05, 4.69) is 15.7 Å². The summed E-state index contributed by atoms with van der Waals surface area (Å²) in [6.45, 7) is 7.91. The number of anilines is 1. The van der Waals surface area contributed by atoms with E-state index in [0.29, 0.717) is 13.2 Å². The number of nitrogens with zero attached hydrogens (tertiary/aromatic N) is 1. The third kappa shape index (κ3) is 3.87. The summed E-state index contributed by atoms with van der Waals surface area (Å²) >= 11 is 1.66. The maximum Gasteiger partial charge on any atom is 0.163 e. The molecule has 0 bridgehead atoms. The number of aryl methyl sites for hydroxylation is 1. The summed E-state index contributed by atoms with van der Waals surface area (Å²) in [4.78, 5) is 4.43. The van der Waals surface area contributed by atoms with Gasteiger partial charge >= 0.3 is 0 Å². The molecule has 0 spiro atoms. The Morgan fingerprint density at radius 1 is 1.15 bits per heavy atom. The molecule has 20 heavy (non-hydrogen) atoms. The summed E-state index contributed by atoms with van der Waals surface area (Å²) in [7, 11) is 0. The Bertz CT molecular complexity index is 555. The first-order chi connectivity index (χ1) is 9.72. The van der Waals surface area contributed by atoms with Gasteiger partial charge in [0.15, 0.2) is 11.5 Å². The highest BCUT2D eigenvalue weighted by Crippen LogP contribution is 2.30. The summed E-state index contributed by atoms with van der Waals surface area (Å²) in [5.41, 5.74) is 2.07. The molecule has 4 nitrogen and oxygen atoms in total. The van der Waals surface area contributed by atoms with Crippen LogP contribution in [0.15, 0.2) is 23.6 Å². The number of aromatic nitrogens is 1. The minimum atomic E-state index is 0.620. The highest BCUT2D eigenvalue weighted by molar-refractivity contribution is 7.09. The van der Waals surface area contributed by atoms with Gasteiger partial charge in [0.2, 0.25) is 0 Å². The molecule has 5 heteroatoms. The third-order valence-electron chi connectivity index (χ3n) is 2.65. The molecule has 0 amide bonds. The van der Waals surface area contributed by atoms with Crippen molar-refractivity contribution in [2.24, 2.45) is 0 Å². The standard InChI is InChI=1S/C15H20N2O2S/c1-4-18-13-7-6-12(8-14(13)19-5-2)16-9-15-17-11(3)10-20-15/h6-8,10,16H,4-5,9H2,1-3H3. The van der Waals surface area contributed by atoms with Crippen LogP contribution in [0, 0.1) is 6.92 Å². The molecule has 0 saturated heterocycles. The van der Waals surface area contributed by atoms with E-state index in [0.717, 1.165) is 34.4 Å². The molecule has 0 aliphatic carbocycles. The smallest absolute Gasteiger partial charge is 0.163 e. The van der Waals surface area contributed by atoms with Crippen LogP contribution in [0.3, 0.4) is 0 Å². The molecule has 2 aromatic rings. The lowest BCUT2D eigenvalue weighted by Gasteiger charge is -2.13. The number of hydrogen-bond acceptors (Lipinski definition) is 5. The Kier molecular flexibility index (Phi) is 5.24. The van der Waals surface area contributed by atoms with Gasteiger partial charge in [-0.3, -0.25) is 0 Å². The number of ether oxygens (including phenoxy) is 2. The van der Waals surface area contributed by atoms with Crippen LogP contribution in [-0.2, 0) is 6.54 Å². The van der Waals surface area contributed by atoms with Gasteiger partial charge < -0.3 is 14.8 Å². The molecule has 0 radical (unpaired) electrons. The summed E-state index contributed by atoms with van der Waals surface area (Å²) in [6.07, 6.45) is 0. The van der Waals surface area contributed by atoms with Crippen LogP contribution < -0.4 is 14.8 Å². The van der Waals surface area contributed by atoms with Crippen molar-refractivity contribution < 1.29 is 9.47 Å². The minimum absolute atomic E-state index is 0.620. The summed E-state index contributed by atoms with van der Waals surface area (Å²) in [6, 6.07) is 5.90. The molecule has 2 rings (SSSR count). The van der Waals surface area contributed by atoms with Gasteiger partial charge in [-0.2, -0.15) is 0 Å². The van der Waals surface area contributed by atoms with Gasteiger partial charge in [-0.25, -0.2) is 4.98 Å². The fourth-order valence-corrected chi connectivity index (χ4v) is 2.53. The van der Waals surface area contributed by atoms with Crippen molar-refractivity contribution in [1.82, 2.24) is 4.98 Å². The monoisotopic (exact) mass is 292 g/mol. The highest BCUT2D eigenvalue weighted by atomic mass is 32.1. The lowest BCUT2D eigenvalue weighted by Crippen LogP contribution is -2.02. The average molecular weight is 292 g/mol. The van der Waals surface area contributed by atoms with Gasteiger partial charge in [0.1, 0.15) is 5.01 Å². The van der Waals surface area contributed by atoms with Gasteiger partial charge in [-0.1, -0.05) is 0 Å². The number of rotatable bonds is 7. The quantitative estimate of drug-likeness (QED) is 0.841. The van der Waals surface area contributed by atoms with Crippen molar-refractivity contribution in [3.8, 4) is 11.5 Å². The molecule has 1 aromatic carbocycles. The van der Waals surface area contributed by atoms with E-state index in [1.54, 1.807) is 11.3 Å². The van der Waals surface area contributed by atoms with Crippen LogP contribution in [0.1, 0.15) is 24.5 Å². The first-order valence-corrected chi connectivity index (χ1v) is 7.65. The average Bonchev–Trinajstić information content (AvgIpc) is 2.85. The lowest BCUT2D eigenvalue weighted by atomic mass is 10.2. The Balaban J connectivity index is 2.05. The molecule has 0 saturated carbocycles. The first-order valence-electron chi connectivity index (χ1n) is 6.77. The fraction of sp³-hybridized carbons (Fsp3) is 0.400. The van der Waals surface area contributed by atoms with Crippen LogP contribution in [0.4, 0.5) is 5.69 Å². The van der Waals surface area contributed by atoms with E-state index < -0.39 is 0 Å². The molecule has 0 aliphatic rings. The second-order valence-electron chi connectivity index (χ2n) is 4.26. The molecule has 1 N–H and O–H groups in total. The molecule has 0 unspecified atom stereocenters. The van der Waals surface area contributed by atoms with Crippen LogP contribution in [0.25, 0.3) is 0 Å². The summed E-state index contributed by atoms with van der Waals surface area (Å²) in [5, 5.41) is 6.49. The number of hydrogen-bond donors (Lipinski definition) is 1. The number of benzene rings is 1. The lowest BCUT2D eigenvalue weighted by molar-refractivity contribution is 0.288. The fourth-order valence-electron chi connectivity index (χ4n) is 1.82. The zero-order valence-corrected chi connectivity index (χ0v) is 12.9. The predicted molar refractivity (Wildman–Crippen MR) is 83.0 cm³/mol. The van der Waals surface area contributed by atoms with Gasteiger partial charge in [0.05, 0.1) is 19.8 Å². The molecule has 0 fully saturated rings. The van der Waals surface area contributed by atoms with Crippen molar-refractivity contribution in [2.75, 3.05) is 18.5 Å². The Hall–Kier alpha value is -1.75. The molecule has 0 atom stereocenters. The van der Waals surface area contributed by atoms with E-state index >= 15 is 0 Å². The zero-order valence-electron chi connectivity index (χ0n) is 12.1. The maximum absolute atomic E-state index is 5.61. The van der Waals surface area contributed by atoms with Crippen LogP contribution in [0.5, 0.6) is 11.5 Å². The van der Waals surface area contributed by atoms with Crippen LogP contribution in [0.2, 0.25) is 0 Å². The number of thiazole rings is 1. The van der Waals surface area contributed by atoms with Crippen molar-refractivity contribution in [1.29, 1.82) is 0 Å². The molecular weight excluding hydrogens is 272 g/mol. The van der Waals surface area contributed by atoms with Crippen molar-refractivity contribution in [3.63, 3.8) is 0 Å². The molecular formula is C15H20N2O2S. The van der Waals surface area contributed by atoms with Gasteiger partial charge in [-0.05, 0) is 32.9 Å². The minimum Gasteiger partial charge on any atom is -0.490 e. The Morgan fingerprint density at radius 2 is 1.90 bits per heavy atom. The van der Waals surface area contributed by atoms with Gasteiger partial charge in [0.25, 0.3) is 0 Å². The highest BCUT2D eigenvalue weighted by Gasteiger charge is 2.06. The van der Waals surface area contributed by atoms with Crippen LogP contribution in [-0.4, -0.2) is 18.2 Å². The van der Waals surface area contributed by atoms with E-state index in [-0.39, 0.29) is 0 Å². The maximum atomic E-state index is 5.61. The molecule has 1 heterocycles. The van der Waals surface area contributed by atoms with E-state index in [1.807, 2.05) is 39.0 Å². The Morgan fingerprint density at radius 3 is 2.55 bits per heavy atom. The molecule has 0 aliphatic heterocycles. The first kappa shape index (κ1) is 14.7. The van der Waals surface area contributed by atoms with Crippen LogP contribution >= 0.6 is 11.3 Å². The Labute approximate surface area is 123 Å². The number of nitrogens with one attached hydrogen (secondary N) is 1. The predicted octanol–water partition coefficient (Wildman–Crippen LogP) is 3.86. The summed E-state index contributed by atoms with van der Waals surface area (Å²) < 4.78 is 11.2. The van der Waals surface area contributed by atoms with Crippen molar-refractivity contribution in [3.05, 3.63) is 34.3 Å². The second kappa shape index (κ2) is 7.14. The van der Waals surface area contributed by atoms with Gasteiger partial charge in [-0.15, -0.1) is 11.3 Å². The molecule has 108 valence electrons. The largest absolute Gasteiger partial charge is 0.490 e. The summed E-state index contributed by atoms with van der Waals surface area (Å²) in [5.74, 6) is 1.56. The second-order valence-corrected chi connectivity index (χ2v) is 5.21. The van der Waals surface area contributed by atoms with Gasteiger partial charge in [0, 0.05) is 22.8 Å². The van der Waals surface area contributed by atoms with E-state index in [1.165, 1.54) is 0 Å². The SMILES string of the molecule is CCOc1ccc(NCc2nc(C)cs2)cc1OCC. The topological polar surface area (TPSA) is 43.4 Å². The van der Waals surface area contributed by atoms with E-state index in [9.17, 15) is 0 Å². The van der Waals surface area contributed by atoms with Crippen molar-refractivity contribution in [2.45, 2.75) is 27.3 Å². The third-order valence-corrected chi connectivity index (χ3v) is 3.62. The zero-order chi connectivity index (χ0) is 14.4. The molecule has 1 aromatic heterocycles. The normalized spacial score (nSPS) is 10.3. The van der Waals surface area contributed by atoms with E-state index in [4.69, 9.17) is 9.47 Å².